The number of rotatable bonds is 6. The third-order valence-electron chi connectivity index (χ3n) is 4.30. The molecule has 2 aliphatic rings. The van der Waals surface area contributed by atoms with Crippen molar-refractivity contribution in [2.45, 2.75) is 56.9 Å². The molecule has 0 radical (unpaired) electrons. The number of hydrogen-bond acceptors (Lipinski definition) is 2. The van der Waals surface area contributed by atoms with Crippen molar-refractivity contribution in [1.82, 2.24) is 4.90 Å². The topological polar surface area (TPSA) is 29.3 Å². The summed E-state index contributed by atoms with van der Waals surface area (Å²) >= 11 is 0. The lowest BCUT2D eigenvalue weighted by molar-refractivity contribution is 0.216. The molecule has 96 valence electrons. The van der Waals surface area contributed by atoms with Crippen LogP contribution in [0.1, 0.15) is 51.4 Å². The number of terminal acetylenes is 1. The normalized spacial score (nSPS) is 23.6. The van der Waals surface area contributed by atoms with E-state index >= 15 is 0 Å². The zero-order chi connectivity index (χ0) is 12.1. The van der Waals surface area contributed by atoms with Crippen molar-refractivity contribution in [3.05, 3.63) is 0 Å². The molecule has 2 aliphatic carbocycles. The fraction of sp³-hybridized carbons (Fsp3) is 0.867. The van der Waals surface area contributed by atoms with Crippen molar-refractivity contribution in [1.29, 1.82) is 0 Å². The molecule has 0 unspecified atom stereocenters. The molecule has 2 saturated carbocycles. The smallest absolute Gasteiger partial charge is 0.0599 e. The Morgan fingerprint density at radius 1 is 1.24 bits per heavy atom. The van der Waals surface area contributed by atoms with Crippen LogP contribution in [0.15, 0.2) is 0 Å². The number of nitrogens with two attached hydrogens (primary N) is 1. The Morgan fingerprint density at radius 2 is 1.94 bits per heavy atom. The summed E-state index contributed by atoms with van der Waals surface area (Å²) in [6, 6.07) is 0. The van der Waals surface area contributed by atoms with E-state index in [1.165, 1.54) is 51.5 Å². The number of hydrogen-bond donors (Lipinski definition) is 1. The SMILES string of the molecule is C#CCN(CCC1(N)CCCCC1)CC1CC1. The van der Waals surface area contributed by atoms with Crippen molar-refractivity contribution in [2.24, 2.45) is 11.7 Å². The molecule has 0 heterocycles. The van der Waals surface area contributed by atoms with Gasteiger partial charge >= 0.3 is 0 Å². The van der Waals surface area contributed by atoms with E-state index < -0.39 is 0 Å². The fourth-order valence-corrected chi connectivity index (χ4v) is 2.92. The summed E-state index contributed by atoms with van der Waals surface area (Å²) in [5.41, 5.74) is 6.58. The first-order chi connectivity index (χ1) is 8.22. The molecule has 0 aromatic carbocycles. The Balaban J connectivity index is 1.74. The van der Waals surface area contributed by atoms with Crippen LogP contribution in [0.4, 0.5) is 0 Å². The Morgan fingerprint density at radius 3 is 2.53 bits per heavy atom. The second-order valence-corrected chi connectivity index (χ2v) is 6.06. The van der Waals surface area contributed by atoms with Gasteiger partial charge in [0.05, 0.1) is 6.54 Å². The summed E-state index contributed by atoms with van der Waals surface area (Å²) in [7, 11) is 0. The molecular formula is C15H26N2. The summed E-state index contributed by atoms with van der Waals surface area (Å²) in [6.07, 6.45) is 15.8. The van der Waals surface area contributed by atoms with Gasteiger partial charge in [-0.25, -0.2) is 0 Å². The average molecular weight is 234 g/mol. The van der Waals surface area contributed by atoms with E-state index in [1.807, 2.05) is 0 Å². The zero-order valence-corrected chi connectivity index (χ0v) is 11.0. The van der Waals surface area contributed by atoms with Gasteiger partial charge in [0.1, 0.15) is 0 Å². The van der Waals surface area contributed by atoms with Crippen molar-refractivity contribution in [3.8, 4) is 12.3 Å². The highest BCUT2D eigenvalue weighted by atomic mass is 15.1. The Hall–Kier alpha value is -0.520. The fourth-order valence-electron chi connectivity index (χ4n) is 2.92. The highest BCUT2D eigenvalue weighted by molar-refractivity contribution is 4.93. The third kappa shape index (κ3) is 4.33. The van der Waals surface area contributed by atoms with Gasteiger partial charge in [-0.1, -0.05) is 25.2 Å². The van der Waals surface area contributed by atoms with E-state index in [2.05, 4.69) is 10.8 Å². The van der Waals surface area contributed by atoms with Crippen LogP contribution in [0.3, 0.4) is 0 Å². The van der Waals surface area contributed by atoms with Gasteiger partial charge in [0.2, 0.25) is 0 Å². The molecule has 0 atom stereocenters. The molecule has 0 bridgehead atoms. The van der Waals surface area contributed by atoms with Gasteiger partial charge in [-0.15, -0.1) is 6.42 Å². The molecule has 0 amide bonds. The molecule has 0 spiro atoms. The van der Waals surface area contributed by atoms with Gasteiger partial charge in [-0.3, -0.25) is 4.90 Å². The lowest BCUT2D eigenvalue weighted by atomic mass is 9.80. The van der Waals surface area contributed by atoms with Crippen LogP contribution in [0.5, 0.6) is 0 Å². The molecule has 0 aromatic rings. The Kier molecular flexibility index (Phi) is 4.48. The first kappa shape index (κ1) is 12.9. The Labute approximate surface area is 106 Å². The first-order valence-corrected chi connectivity index (χ1v) is 7.16. The van der Waals surface area contributed by atoms with Crippen molar-refractivity contribution in [2.75, 3.05) is 19.6 Å². The van der Waals surface area contributed by atoms with Gasteiger partial charge in [-0.05, 0) is 38.0 Å². The molecule has 0 saturated heterocycles. The maximum atomic E-state index is 6.47. The quantitative estimate of drug-likeness (QED) is 0.715. The van der Waals surface area contributed by atoms with E-state index in [0.717, 1.165) is 25.4 Å². The first-order valence-electron chi connectivity index (χ1n) is 7.16. The predicted octanol–water partition coefficient (Wildman–Crippen LogP) is 2.38. The van der Waals surface area contributed by atoms with Gasteiger partial charge in [0.15, 0.2) is 0 Å². The molecule has 17 heavy (non-hydrogen) atoms. The second-order valence-electron chi connectivity index (χ2n) is 6.06. The molecule has 2 nitrogen and oxygen atoms in total. The van der Waals surface area contributed by atoms with E-state index in [4.69, 9.17) is 12.2 Å². The summed E-state index contributed by atoms with van der Waals surface area (Å²) in [5, 5.41) is 0. The van der Waals surface area contributed by atoms with Gasteiger partial charge in [0.25, 0.3) is 0 Å². The molecule has 0 aromatic heterocycles. The number of nitrogens with zero attached hydrogens (tertiary/aromatic N) is 1. The monoisotopic (exact) mass is 234 g/mol. The molecule has 0 aliphatic heterocycles. The summed E-state index contributed by atoms with van der Waals surface area (Å²) in [5.74, 6) is 3.71. The largest absolute Gasteiger partial charge is 0.325 e. The van der Waals surface area contributed by atoms with E-state index in [0.29, 0.717) is 0 Å². The summed E-state index contributed by atoms with van der Waals surface area (Å²) in [6.45, 7) is 3.09. The maximum absolute atomic E-state index is 6.47. The average Bonchev–Trinajstić information content (AvgIpc) is 3.11. The van der Waals surface area contributed by atoms with E-state index in [-0.39, 0.29) is 5.54 Å². The van der Waals surface area contributed by atoms with Crippen LogP contribution in [0.2, 0.25) is 0 Å². The van der Waals surface area contributed by atoms with Crippen molar-refractivity contribution < 1.29 is 0 Å². The van der Waals surface area contributed by atoms with E-state index in [1.54, 1.807) is 0 Å². The maximum Gasteiger partial charge on any atom is 0.0599 e. The van der Waals surface area contributed by atoms with Crippen LogP contribution < -0.4 is 5.73 Å². The van der Waals surface area contributed by atoms with Crippen molar-refractivity contribution in [3.63, 3.8) is 0 Å². The van der Waals surface area contributed by atoms with Crippen LogP contribution >= 0.6 is 0 Å². The Bertz CT molecular complexity index is 269. The van der Waals surface area contributed by atoms with E-state index in [9.17, 15) is 0 Å². The second kappa shape index (κ2) is 5.89. The summed E-state index contributed by atoms with van der Waals surface area (Å²) in [4.78, 5) is 2.43. The zero-order valence-electron chi connectivity index (χ0n) is 11.0. The summed E-state index contributed by atoms with van der Waals surface area (Å²) < 4.78 is 0. The lowest BCUT2D eigenvalue weighted by Crippen LogP contribution is -2.45. The molecule has 2 heteroatoms. The van der Waals surface area contributed by atoms with Gasteiger partial charge in [-0.2, -0.15) is 0 Å². The van der Waals surface area contributed by atoms with Crippen LogP contribution in [-0.4, -0.2) is 30.1 Å². The molecule has 2 N–H and O–H groups in total. The predicted molar refractivity (Wildman–Crippen MR) is 72.6 cm³/mol. The molecular weight excluding hydrogens is 208 g/mol. The molecule has 2 fully saturated rings. The highest BCUT2D eigenvalue weighted by Gasteiger charge is 2.29. The van der Waals surface area contributed by atoms with Gasteiger partial charge < -0.3 is 5.73 Å². The molecule has 2 rings (SSSR count). The van der Waals surface area contributed by atoms with Crippen molar-refractivity contribution >= 4 is 0 Å². The highest BCUT2D eigenvalue weighted by Crippen LogP contribution is 2.31. The minimum absolute atomic E-state index is 0.106. The lowest BCUT2D eigenvalue weighted by Gasteiger charge is -2.35. The van der Waals surface area contributed by atoms with Crippen LogP contribution in [-0.2, 0) is 0 Å². The van der Waals surface area contributed by atoms with Crippen LogP contribution in [0, 0.1) is 18.3 Å². The minimum atomic E-state index is 0.106. The standard InChI is InChI=1S/C15H26N2/c1-2-11-17(13-14-6-7-14)12-10-15(16)8-4-3-5-9-15/h1,14H,3-13,16H2. The van der Waals surface area contributed by atoms with Gasteiger partial charge in [0, 0.05) is 18.6 Å². The third-order valence-corrected chi connectivity index (χ3v) is 4.30. The minimum Gasteiger partial charge on any atom is -0.325 e. The van der Waals surface area contributed by atoms with Crippen LogP contribution in [0.25, 0.3) is 0 Å².